The molecule has 0 aromatic heterocycles. The lowest BCUT2D eigenvalue weighted by Crippen LogP contribution is -2.18. The van der Waals surface area contributed by atoms with Crippen LogP contribution in [0, 0.1) is 29.4 Å². The first-order valence-corrected chi connectivity index (χ1v) is 11.9. The fraction of sp³-hybridized carbons (Fsp3) is 0.692. The van der Waals surface area contributed by atoms with Crippen LogP contribution in [0.1, 0.15) is 101 Å². The maximum absolute atomic E-state index is 13.5. The molecule has 3 rings (SSSR count). The van der Waals surface area contributed by atoms with Gasteiger partial charge in [0.05, 0.1) is 6.33 Å². The number of rotatable bonds is 9. The normalized spacial score (nSPS) is 28.1. The summed E-state index contributed by atoms with van der Waals surface area (Å²) >= 11 is 0. The van der Waals surface area contributed by atoms with Crippen molar-refractivity contribution in [3.8, 4) is 0 Å². The smallest absolute Gasteiger partial charge is 0.159 e. The molecule has 2 fully saturated rings. The van der Waals surface area contributed by atoms with E-state index in [4.69, 9.17) is 0 Å². The van der Waals surface area contributed by atoms with Gasteiger partial charge in [0.1, 0.15) is 0 Å². The molecule has 0 bridgehead atoms. The fourth-order valence-electron chi connectivity index (χ4n) is 5.59. The topological polar surface area (TPSA) is 0 Å². The Labute approximate surface area is 175 Å². The molecule has 0 radical (unpaired) electrons. The number of benzene rings is 1. The maximum atomic E-state index is 13.5. The van der Waals surface area contributed by atoms with E-state index >= 15 is 0 Å². The van der Waals surface area contributed by atoms with Gasteiger partial charge in [0.25, 0.3) is 0 Å². The molecule has 0 saturated heterocycles. The molecule has 0 heterocycles. The van der Waals surface area contributed by atoms with Gasteiger partial charge >= 0.3 is 0 Å². The first-order valence-electron chi connectivity index (χ1n) is 11.9. The van der Waals surface area contributed by atoms with E-state index in [2.05, 4.69) is 0 Å². The second kappa shape index (κ2) is 11.8. The number of hydrogen-bond donors (Lipinski definition) is 0. The summed E-state index contributed by atoms with van der Waals surface area (Å²) in [7, 11) is 0. The zero-order chi connectivity index (χ0) is 20.5. The van der Waals surface area contributed by atoms with E-state index in [0.717, 1.165) is 49.0 Å². The molecule has 0 nitrogen and oxygen atoms in total. The second-order valence-electron chi connectivity index (χ2n) is 9.50. The summed E-state index contributed by atoms with van der Waals surface area (Å²) in [5.41, 5.74) is 0.974. The van der Waals surface area contributed by atoms with Crippen molar-refractivity contribution in [2.75, 3.05) is 0 Å². The van der Waals surface area contributed by atoms with Crippen LogP contribution in [0.15, 0.2) is 30.6 Å². The summed E-state index contributed by atoms with van der Waals surface area (Å²) in [6, 6.07) is 4.43. The summed E-state index contributed by atoms with van der Waals surface area (Å²) in [5.74, 6) is 1.56. The molecule has 29 heavy (non-hydrogen) atoms. The molecule has 162 valence electrons. The van der Waals surface area contributed by atoms with E-state index in [1.165, 1.54) is 76.3 Å². The van der Waals surface area contributed by atoms with Crippen molar-refractivity contribution < 1.29 is 13.2 Å². The predicted octanol–water partition coefficient (Wildman–Crippen LogP) is 8.87. The van der Waals surface area contributed by atoms with Gasteiger partial charge in [0.15, 0.2) is 11.6 Å². The number of allylic oxidation sites excluding steroid dienone is 1. The van der Waals surface area contributed by atoms with E-state index in [0.29, 0.717) is 12.2 Å². The molecule has 0 spiro atoms. The van der Waals surface area contributed by atoms with Gasteiger partial charge in [-0.2, -0.15) is 0 Å². The molecule has 0 unspecified atom stereocenters. The molecular formula is C26H37F3. The zero-order valence-corrected chi connectivity index (χ0v) is 17.7. The number of unbranched alkanes of at least 4 members (excludes halogenated alkanes) is 2. The van der Waals surface area contributed by atoms with Crippen LogP contribution < -0.4 is 0 Å². The van der Waals surface area contributed by atoms with Crippen molar-refractivity contribution in [1.82, 2.24) is 0 Å². The Bertz CT molecular complexity index is 623. The molecule has 1 aromatic rings. The Hall–Kier alpha value is -1.25. The zero-order valence-electron chi connectivity index (χ0n) is 17.7. The van der Waals surface area contributed by atoms with Crippen molar-refractivity contribution in [3.63, 3.8) is 0 Å². The van der Waals surface area contributed by atoms with Crippen molar-refractivity contribution >= 4 is 0 Å². The van der Waals surface area contributed by atoms with Crippen LogP contribution in [0.5, 0.6) is 0 Å². The first-order chi connectivity index (χ1) is 14.2. The summed E-state index contributed by atoms with van der Waals surface area (Å²) in [6.45, 7) is 0. The van der Waals surface area contributed by atoms with Crippen molar-refractivity contribution in [2.45, 2.75) is 95.8 Å². The van der Waals surface area contributed by atoms with Crippen LogP contribution in [-0.4, -0.2) is 0 Å². The lowest BCUT2D eigenvalue weighted by atomic mass is 9.74. The molecule has 1 aromatic carbocycles. The van der Waals surface area contributed by atoms with E-state index in [1.807, 2.05) is 0 Å². The van der Waals surface area contributed by atoms with Gasteiger partial charge in [0.2, 0.25) is 0 Å². The third-order valence-electron chi connectivity index (χ3n) is 7.53. The van der Waals surface area contributed by atoms with Crippen LogP contribution in [0.25, 0.3) is 0 Å². The van der Waals surface area contributed by atoms with E-state index in [1.54, 1.807) is 12.1 Å². The second-order valence-corrected chi connectivity index (χ2v) is 9.50. The van der Waals surface area contributed by atoms with Gasteiger partial charge in [-0.05, 0) is 79.9 Å². The molecule has 0 N–H and O–H groups in total. The molecule has 2 aliphatic rings. The minimum absolute atomic E-state index is 0.400. The largest absolute Gasteiger partial charge is 0.216 e. The fourth-order valence-corrected chi connectivity index (χ4v) is 5.59. The van der Waals surface area contributed by atoms with Crippen LogP contribution in [0.3, 0.4) is 0 Å². The Morgan fingerprint density at radius 3 is 1.90 bits per heavy atom. The van der Waals surface area contributed by atoms with E-state index in [9.17, 15) is 13.2 Å². The minimum Gasteiger partial charge on any atom is -0.216 e. The molecule has 3 heteroatoms. The molecule has 0 aliphatic heterocycles. The Kier molecular flexibility index (Phi) is 9.14. The lowest BCUT2D eigenvalue weighted by Gasteiger charge is -2.32. The highest BCUT2D eigenvalue weighted by molar-refractivity contribution is 5.22. The van der Waals surface area contributed by atoms with Gasteiger partial charge in [0, 0.05) is 0 Å². The van der Waals surface area contributed by atoms with Crippen LogP contribution in [0.2, 0.25) is 0 Å². The van der Waals surface area contributed by atoms with Gasteiger partial charge in [-0.15, -0.1) is 0 Å². The minimum atomic E-state index is -0.744. The molecule has 2 saturated carbocycles. The monoisotopic (exact) mass is 406 g/mol. The average Bonchev–Trinajstić information content (AvgIpc) is 2.75. The highest BCUT2D eigenvalue weighted by Gasteiger charge is 2.25. The highest BCUT2D eigenvalue weighted by Crippen LogP contribution is 2.40. The Balaban J connectivity index is 1.29. The third kappa shape index (κ3) is 7.19. The molecular weight excluding hydrogens is 369 g/mol. The summed E-state index contributed by atoms with van der Waals surface area (Å²) < 4.78 is 38.6. The van der Waals surface area contributed by atoms with Crippen molar-refractivity contribution in [2.24, 2.45) is 17.8 Å². The number of hydrogen-bond acceptors (Lipinski definition) is 0. The predicted molar refractivity (Wildman–Crippen MR) is 114 cm³/mol. The van der Waals surface area contributed by atoms with Gasteiger partial charge < -0.3 is 0 Å². The number of halogens is 3. The van der Waals surface area contributed by atoms with Gasteiger partial charge in [-0.25, -0.2) is 13.2 Å². The van der Waals surface area contributed by atoms with Crippen molar-refractivity contribution in [3.05, 3.63) is 47.8 Å². The molecule has 0 amide bonds. The SMILES string of the molecule is F/C=C/CCCCC1CCC(CCC2CCC(c3ccc(F)c(F)c3)CC2)CC1. The molecule has 2 aliphatic carbocycles. The third-order valence-corrected chi connectivity index (χ3v) is 7.53. The van der Waals surface area contributed by atoms with Crippen LogP contribution >= 0.6 is 0 Å². The summed E-state index contributed by atoms with van der Waals surface area (Å²) in [5, 5.41) is 0. The Morgan fingerprint density at radius 2 is 1.31 bits per heavy atom. The maximum Gasteiger partial charge on any atom is 0.159 e. The van der Waals surface area contributed by atoms with Gasteiger partial charge in [-0.1, -0.05) is 63.5 Å². The lowest BCUT2D eigenvalue weighted by molar-refractivity contribution is 0.222. The quantitative estimate of drug-likeness (QED) is 0.359. The standard InChI is InChI=1S/C26H37F3/c27-18-4-2-1-3-5-20-6-8-21(9-7-20)10-11-22-12-14-23(15-13-22)24-16-17-25(28)26(29)19-24/h4,16-23H,1-3,5-15H2/b18-4+. The van der Waals surface area contributed by atoms with Crippen molar-refractivity contribution in [1.29, 1.82) is 0 Å². The average molecular weight is 407 g/mol. The first kappa shape index (κ1) is 22.4. The Morgan fingerprint density at radius 1 is 0.724 bits per heavy atom. The summed E-state index contributed by atoms with van der Waals surface area (Å²) in [6.07, 6.45) is 19.8. The van der Waals surface area contributed by atoms with Crippen LogP contribution in [-0.2, 0) is 0 Å². The van der Waals surface area contributed by atoms with Crippen LogP contribution in [0.4, 0.5) is 13.2 Å². The van der Waals surface area contributed by atoms with E-state index in [-0.39, 0.29) is 0 Å². The highest BCUT2D eigenvalue weighted by atomic mass is 19.2. The van der Waals surface area contributed by atoms with E-state index < -0.39 is 11.6 Å². The molecule has 0 atom stereocenters. The summed E-state index contributed by atoms with van der Waals surface area (Å²) in [4.78, 5) is 0. The van der Waals surface area contributed by atoms with Gasteiger partial charge in [-0.3, -0.25) is 0 Å².